The number of hydrogen-bond acceptors (Lipinski definition) is 6. The van der Waals surface area contributed by atoms with Crippen molar-refractivity contribution in [3.63, 3.8) is 0 Å². The van der Waals surface area contributed by atoms with E-state index in [0.29, 0.717) is 37.5 Å². The first-order valence-electron chi connectivity index (χ1n) is 12.9. The molecule has 3 aromatic carbocycles. The van der Waals surface area contributed by atoms with Gasteiger partial charge >= 0.3 is 0 Å². The fourth-order valence-corrected chi connectivity index (χ4v) is 5.71. The van der Waals surface area contributed by atoms with Gasteiger partial charge in [-0.1, -0.05) is 6.07 Å². The van der Waals surface area contributed by atoms with Crippen molar-refractivity contribution in [1.29, 1.82) is 0 Å². The number of hydrogen-bond donors (Lipinski definition) is 1. The molecule has 1 aromatic heterocycles. The Labute approximate surface area is 237 Å². The van der Waals surface area contributed by atoms with E-state index in [1.807, 2.05) is 0 Å². The first-order valence-corrected chi connectivity index (χ1v) is 14.3. The van der Waals surface area contributed by atoms with Crippen LogP contribution in [0.3, 0.4) is 0 Å². The van der Waals surface area contributed by atoms with E-state index >= 15 is 4.39 Å². The van der Waals surface area contributed by atoms with Gasteiger partial charge in [0.2, 0.25) is 0 Å². The molecule has 41 heavy (non-hydrogen) atoms. The summed E-state index contributed by atoms with van der Waals surface area (Å²) in [7, 11) is -0.845. The van der Waals surface area contributed by atoms with E-state index in [1.54, 1.807) is 39.3 Å². The molecule has 0 bridgehead atoms. The third-order valence-corrected chi connectivity index (χ3v) is 7.90. The number of rotatable bonds is 13. The van der Waals surface area contributed by atoms with E-state index in [1.165, 1.54) is 30.5 Å². The van der Waals surface area contributed by atoms with E-state index in [0.717, 1.165) is 28.2 Å². The topological polar surface area (TPSA) is 78.8 Å². The largest absolute Gasteiger partial charge is 0.493 e. The number of nitrogens with one attached hydrogen (secondary N) is 1. The smallest absolute Gasteiger partial charge is 0.268 e. The molecule has 1 atom stereocenters. The van der Waals surface area contributed by atoms with Crippen molar-refractivity contribution in [2.24, 2.45) is 0 Å². The Morgan fingerprint density at radius 3 is 2.37 bits per heavy atom. The van der Waals surface area contributed by atoms with Crippen molar-refractivity contribution in [3.8, 4) is 22.8 Å². The first kappa shape index (κ1) is 30.2. The van der Waals surface area contributed by atoms with Gasteiger partial charge in [-0.25, -0.2) is 25.6 Å². The molecular weight excluding hydrogens is 557 g/mol. The van der Waals surface area contributed by atoms with Crippen LogP contribution in [0, 0.1) is 17.5 Å². The summed E-state index contributed by atoms with van der Waals surface area (Å²) < 4.78 is 87.7. The van der Waals surface area contributed by atoms with Gasteiger partial charge in [-0.15, -0.1) is 0 Å². The molecule has 0 radical (unpaired) electrons. The maximum atomic E-state index is 15.5. The molecule has 0 saturated heterocycles. The number of nitrogens with zero attached hydrogens (tertiary/aromatic N) is 1. The average Bonchev–Trinajstić information content (AvgIpc) is 3.35. The predicted octanol–water partition coefficient (Wildman–Crippen LogP) is 6.08. The molecule has 4 rings (SSSR count). The Balaban J connectivity index is 1.65. The maximum absolute atomic E-state index is 15.5. The first-order chi connectivity index (χ1) is 19.6. The standard InChI is InChI=1S/C30H31F3N2O5S/c1-20(22-13-23(31)15-24(32)14-22)40-26-8-9-28(29(33)17-26)30-12-21(18-34-2)19-35(30)41(36,37)27-7-4-6-25(16-27)39-11-5-10-38-3/h4,6-9,12-17,19-20,34H,5,10-11,18H2,1-3H3. The SMILES string of the molecule is CNCc1cc(-c2ccc(OC(C)c3cc(F)cc(F)c3)cc2F)n(S(=O)(=O)c2cccc(OCCCOC)c2)c1. The van der Waals surface area contributed by atoms with Crippen molar-refractivity contribution in [3.05, 3.63) is 102 Å². The summed E-state index contributed by atoms with van der Waals surface area (Å²) in [5, 5.41) is 2.97. The van der Waals surface area contributed by atoms with Crippen molar-refractivity contribution >= 4 is 10.0 Å². The van der Waals surface area contributed by atoms with E-state index in [9.17, 15) is 17.2 Å². The molecule has 1 heterocycles. The minimum atomic E-state index is -4.15. The van der Waals surface area contributed by atoms with Crippen LogP contribution in [-0.2, 0) is 21.3 Å². The Hall–Kier alpha value is -3.80. The number of halogens is 3. The second-order valence-electron chi connectivity index (χ2n) is 9.34. The van der Waals surface area contributed by atoms with Crippen molar-refractivity contribution in [1.82, 2.24) is 9.29 Å². The highest BCUT2D eigenvalue weighted by molar-refractivity contribution is 7.90. The molecule has 0 spiro atoms. The number of benzene rings is 3. The normalized spacial score (nSPS) is 12.3. The van der Waals surface area contributed by atoms with Gasteiger partial charge in [0, 0.05) is 56.6 Å². The van der Waals surface area contributed by atoms with Crippen molar-refractivity contribution in [2.75, 3.05) is 27.4 Å². The molecule has 0 fully saturated rings. The second kappa shape index (κ2) is 13.2. The zero-order valence-electron chi connectivity index (χ0n) is 22.9. The Kier molecular flexibility index (Phi) is 9.74. The van der Waals surface area contributed by atoms with Gasteiger partial charge in [-0.2, -0.15) is 0 Å². The minimum Gasteiger partial charge on any atom is -0.493 e. The van der Waals surface area contributed by atoms with Gasteiger partial charge in [0.25, 0.3) is 10.0 Å². The van der Waals surface area contributed by atoms with Crippen LogP contribution >= 0.6 is 0 Å². The zero-order chi connectivity index (χ0) is 29.6. The maximum Gasteiger partial charge on any atom is 0.268 e. The van der Waals surface area contributed by atoms with Crippen molar-refractivity contribution in [2.45, 2.75) is 30.9 Å². The quantitative estimate of drug-likeness (QED) is 0.191. The summed E-state index contributed by atoms with van der Waals surface area (Å²) in [6, 6.07) is 14.7. The number of methoxy groups -OCH3 is 1. The van der Waals surface area contributed by atoms with Gasteiger partial charge in [-0.05, 0) is 67.6 Å². The number of aromatic nitrogens is 1. The fourth-order valence-electron chi connectivity index (χ4n) is 4.28. The highest BCUT2D eigenvalue weighted by Crippen LogP contribution is 2.33. The lowest BCUT2D eigenvalue weighted by Gasteiger charge is -2.17. The van der Waals surface area contributed by atoms with Crippen LogP contribution in [0.2, 0.25) is 0 Å². The predicted molar refractivity (Wildman–Crippen MR) is 149 cm³/mol. The third-order valence-electron chi connectivity index (χ3n) is 6.23. The Morgan fingerprint density at radius 2 is 1.68 bits per heavy atom. The van der Waals surface area contributed by atoms with Crippen LogP contribution in [0.1, 0.15) is 30.6 Å². The van der Waals surface area contributed by atoms with Crippen LogP contribution in [0.5, 0.6) is 11.5 Å². The molecule has 0 aliphatic carbocycles. The van der Waals surface area contributed by atoms with Crippen molar-refractivity contribution < 1.29 is 35.8 Å². The molecule has 1 N–H and O–H groups in total. The Morgan fingerprint density at radius 1 is 0.927 bits per heavy atom. The third kappa shape index (κ3) is 7.29. The van der Waals surface area contributed by atoms with Crippen LogP contribution in [-0.4, -0.2) is 39.8 Å². The van der Waals surface area contributed by atoms with Gasteiger partial charge in [-0.3, -0.25) is 0 Å². The lowest BCUT2D eigenvalue weighted by molar-refractivity contribution is 0.172. The minimum absolute atomic E-state index is 0.0221. The van der Waals surface area contributed by atoms with Gasteiger partial charge in [0.15, 0.2) is 0 Å². The summed E-state index contributed by atoms with van der Waals surface area (Å²) in [6.45, 7) is 2.79. The second-order valence-corrected chi connectivity index (χ2v) is 11.2. The molecular formula is C30H31F3N2O5S. The van der Waals surface area contributed by atoms with Gasteiger partial charge in [0.1, 0.15) is 35.1 Å². The lowest BCUT2D eigenvalue weighted by atomic mass is 10.1. The number of ether oxygens (including phenoxy) is 3. The summed E-state index contributed by atoms with van der Waals surface area (Å²) in [4.78, 5) is -0.0221. The molecule has 218 valence electrons. The van der Waals surface area contributed by atoms with Crippen LogP contribution < -0.4 is 14.8 Å². The van der Waals surface area contributed by atoms with Gasteiger partial charge < -0.3 is 19.5 Å². The molecule has 0 aliphatic heterocycles. The lowest BCUT2D eigenvalue weighted by Crippen LogP contribution is -2.14. The van der Waals surface area contributed by atoms with E-state index in [2.05, 4.69) is 5.32 Å². The summed E-state index contributed by atoms with van der Waals surface area (Å²) in [5.74, 6) is -1.75. The van der Waals surface area contributed by atoms with Crippen LogP contribution in [0.25, 0.3) is 11.3 Å². The molecule has 11 heteroatoms. The van der Waals surface area contributed by atoms with Crippen LogP contribution in [0.15, 0.2) is 77.8 Å². The van der Waals surface area contributed by atoms with E-state index in [4.69, 9.17) is 14.2 Å². The monoisotopic (exact) mass is 588 g/mol. The fraction of sp³-hybridized carbons (Fsp3) is 0.267. The molecule has 0 amide bonds. The molecule has 0 aliphatic rings. The highest BCUT2D eigenvalue weighted by atomic mass is 32.2. The molecule has 1 unspecified atom stereocenters. The van der Waals surface area contributed by atoms with E-state index in [-0.39, 0.29) is 27.5 Å². The molecule has 0 saturated carbocycles. The molecule has 7 nitrogen and oxygen atoms in total. The van der Waals surface area contributed by atoms with Gasteiger partial charge in [0.05, 0.1) is 17.2 Å². The summed E-state index contributed by atoms with van der Waals surface area (Å²) in [6.07, 6.45) is 1.30. The Bertz CT molecular complexity index is 1590. The average molecular weight is 589 g/mol. The summed E-state index contributed by atoms with van der Waals surface area (Å²) >= 11 is 0. The summed E-state index contributed by atoms with van der Waals surface area (Å²) in [5.41, 5.74) is 1.01. The molecule has 4 aromatic rings. The van der Waals surface area contributed by atoms with Crippen LogP contribution in [0.4, 0.5) is 13.2 Å². The zero-order valence-corrected chi connectivity index (χ0v) is 23.7. The van der Waals surface area contributed by atoms with E-state index < -0.39 is 33.6 Å². The highest BCUT2D eigenvalue weighted by Gasteiger charge is 2.24.